The van der Waals surface area contributed by atoms with Crippen LogP contribution in [0.15, 0.2) is 94.4 Å². The fourth-order valence-corrected chi connectivity index (χ4v) is 7.32. The molecule has 2 aliphatic carbocycles. The van der Waals surface area contributed by atoms with E-state index in [1.807, 2.05) is 0 Å². The Morgan fingerprint density at radius 2 is 1.33 bits per heavy atom. The van der Waals surface area contributed by atoms with Crippen LogP contribution in [0.4, 0.5) is 0 Å². The Bertz CT molecular complexity index is 983. The minimum Gasteiger partial charge on any atom is -0.0773 e. The van der Waals surface area contributed by atoms with Crippen molar-refractivity contribution in [3.8, 4) is 0 Å². The van der Waals surface area contributed by atoms with Crippen molar-refractivity contribution in [3.63, 3.8) is 0 Å². The zero-order valence-corrected chi connectivity index (χ0v) is 18.3. The largest absolute Gasteiger partial charge is 0.0890 e. The molecule has 0 spiro atoms. The lowest BCUT2D eigenvalue weighted by atomic mass is 9.83. The lowest BCUT2D eigenvalue weighted by Crippen LogP contribution is -2.11. The summed E-state index contributed by atoms with van der Waals surface area (Å²) < 4.78 is 0. The van der Waals surface area contributed by atoms with Gasteiger partial charge < -0.3 is 0 Å². The van der Waals surface area contributed by atoms with Crippen LogP contribution >= 0.6 is 0 Å². The van der Waals surface area contributed by atoms with E-state index in [1.165, 1.54) is 22.3 Å². The summed E-state index contributed by atoms with van der Waals surface area (Å²) >= 11 is 0. The molecule has 0 radical (unpaired) electrons. The topological polar surface area (TPSA) is 0 Å². The second kappa shape index (κ2) is 6.98. The molecule has 2 aliphatic rings. The van der Waals surface area contributed by atoms with Crippen molar-refractivity contribution in [2.24, 2.45) is 5.41 Å². The first-order valence-corrected chi connectivity index (χ1v) is 11.3. The summed E-state index contributed by atoms with van der Waals surface area (Å²) in [4.78, 5) is 0. The van der Waals surface area contributed by atoms with Gasteiger partial charge in [-0.1, -0.05) is 108 Å². The van der Waals surface area contributed by atoms with E-state index in [0.29, 0.717) is 0 Å². The van der Waals surface area contributed by atoms with E-state index < -0.39 is 9.52 Å². The Labute approximate surface area is 165 Å². The summed E-state index contributed by atoms with van der Waals surface area (Å²) in [6.07, 6.45) is 5.99. The van der Waals surface area contributed by atoms with E-state index in [0.717, 1.165) is 6.42 Å². The molecule has 0 heterocycles. The van der Waals surface area contributed by atoms with Gasteiger partial charge in [0, 0.05) is 5.41 Å². The number of hydrogen-bond donors (Lipinski definition) is 0. The van der Waals surface area contributed by atoms with Gasteiger partial charge >= 0.3 is 0 Å². The molecule has 136 valence electrons. The lowest BCUT2D eigenvalue weighted by molar-refractivity contribution is 0.657. The maximum absolute atomic E-state index is 2.48. The minimum absolute atomic E-state index is 0.109. The highest BCUT2D eigenvalue weighted by Crippen LogP contribution is 2.47. The number of rotatable bonds is 4. The van der Waals surface area contributed by atoms with Gasteiger partial charge in [0.15, 0.2) is 0 Å². The lowest BCUT2D eigenvalue weighted by Gasteiger charge is -2.23. The third-order valence-corrected chi connectivity index (χ3v) is 8.59. The van der Waals surface area contributed by atoms with Crippen molar-refractivity contribution < 1.29 is 0 Å². The summed E-state index contributed by atoms with van der Waals surface area (Å²) in [6.45, 7) is 9.35. The van der Waals surface area contributed by atoms with Crippen molar-refractivity contribution >= 4 is 20.7 Å². The molecule has 2 aromatic rings. The Morgan fingerprint density at radius 1 is 0.741 bits per heavy atom. The van der Waals surface area contributed by atoms with E-state index in [2.05, 4.69) is 101 Å². The molecule has 27 heavy (non-hydrogen) atoms. The maximum Gasteiger partial charge on any atom is 0.0890 e. The number of hydrogen-bond acceptors (Lipinski definition) is 0. The summed E-state index contributed by atoms with van der Waals surface area (Å²) in [7, 11) is -0.559. The smallest absolute Gasteiger partial charge is 0.0773 e. The molecular formula is C26H28Si. The highest BCUT2D eigenvalue weighted by molar-refractivity contribution is 6.60. The van der Waals surface area contributed by atoms with Crippen LogP contribution in [0.25, 0.3) is 11.1 Å². The van der Waals surface area contributed by atoms with Crippen molar-refractivity contribution in [2.75, 3.05) is 0 Å². The molecule has 0 unspecified atom stereocenters. The van der Waals surface area contributed by atoms with E-state index in [-0.39, 0.29) is 5.41 Å². The molecule has 0 saturated carbocycles. The Kier molecular flexibility index (Phi) is 4.65. The third-order valence-electron chi connectivity index (χ3n) is 5.99. The molecule has 0 atom stereocenters. The van der Waals surface area contributed by atoms with Crippen LogP contribution in [-0.2, 0) is 0 Å². The van der Waals surface area contributed by atoms with E-state index in [1.54, 1.807) is 21.5 Å². The van der Waals surface area contributed by atoms with Gasteiger partial charge in [0.1, 0.15) is 0 Å². The molecule has 0 aromatic heterocycles. The molecule has 0 nitrogen and oxygen atoms in total. The van der Waals surface area contributed by atoms with E-state index in [4.69, 9.17) is 0 Å². The van der Waals surface area contributed by atoms with Crippen molar-refractivity contribution in [3.05, 3.63) is 105 Å². The minimum atomic E-state index is -0.559. The van der Waals surface area contributed by atoms with Gasteiger partial charge in [0.2, 0.25) is 0 Å². The summed E-state index contributed by atoms with van der Waals surface area (Å²) in [5.41, 5.74) is 8.98. The fourth-order valence-electron chi connectivity index (χ4n) is 4.76. The van der Waals surface area contributed by atoms with Crippen molar-refractivity contribution in [1.29, 1.82) is 0 Å². The van der Waals surface area contributed by atoms with Gasteiger partial charge in [-0.2, -0.15) is 0 Å². The van der Waals surface area contributed by atoms with Crippen LogP contribution in [0, 0.1) is 5.41 Å². The predicted molar refractivity (Wildman–Crippen MR) is 121 cm³/mol. The second-order valence-electron chi connectivity index (χ2n) is 8.36. The predicted octanol–water partition coefficient (Wildman–Crippen LogP) is 6.31. The highest BCUT2D eigenvalue weighted by atomic mass is 28.2. The van der Waals surface area contributed by atoms with Crippen LogP contribution in [0.5, 0.6) is 0 Å². The second-order valence-corrected chi connectivity index (χ2v) is 10.1. The van der Waals surface area contributed by atoms with Gasteiger partial charge in [-0.25, -0.2) is 0 Å². The molecule has 2 aromatic carbocycles. The first-order chi connectivity index (χ1) is 13.0. The molecule has 1 heteroatoms. The average molecular weight is 369 g/mol. The summed E-state index contributed by atoms with van der Waals surface area (Å²) in [5.74, 6) is 0. The number of allylic oxidation sites excluding steroid dienone is 8. The SMILES string of the molecule is CC1=CCC(c2ccccc2)=C1[SiH2]C1=C(c2ccccc2)C(C)(C)C=C1C. The van der Waals surface area contributed by atoms with Gasteiger partial charge in [-0.3, -0.25) is 0 Å². The molecule has 0 fully saturated rings. The normalized spacial score (nSPS) is 19.3. The first kappa shape index (κ1) is 18.0. The van der Waals surface area contributed by atoms with Crippen molar-refractivity contribution in [2.45, 2.75) is 34.1 Å². The summed E-state index contributed by atoms with van der Waals surface area (Å²) in [6, 6.07) is 22.0. The third kappa shape index (κ3) is 3.32. The molecule has 0 N–H and O–H groups in total. The zero-order chi connectivity index (χ0) is 19.0. The van der Waals surface area contributed by atoms with Crippen LogP contribution in [0.1, 0.15) is 45.2 Å². The highest BCUT2D eigenvalue weighted by Gasteiger charge is 2.33. The van der Waals surface area contributed by atoms with E-state index >= 15 is 0 Å². The Hall–Kier alpha value is -2.38. The Morgan fingerprint density at radius 3 is 1.96 bits per heavy atom. The number of benzene rings is 2. The van der Waals surface area contributed by atoms with Gasteiger partial charge in [0.05, 0.1) is 9.52 Å². The quantitative estimate of drug-likeness (QED) is 0.554. The van der Waals surface area contributed by atoms with Crippen LogP contribution in [0.2, 0.25) is 0 Å². The van der Waals surface area contributed by atoms with Gasteiger partial charge in [-0.15, -0.1) is 0 Å². The molecule has 0 amide bonds. The standard InChI is InChI=1S/C26H28Si/c1-18-15-16-22(20-11-7-5-8-12-20)24(18)27-25-19(2)17-26(3,4)23(25)21-13-9-6-10-14-21/h5-15,17H,16,27H2,1-4H3. The first-order valence-electron chi connectivity index (χ1n) is 9.91. The van der Waals surface area contributed by atoms with Gasteiger partial charge in [-0.05, 0) is 42.5 Å². The molecule has 0 aliphatic heterocycles. The molecule has 0 bridgehead atoms. The van der Waals surface area contributed by atoms with Crippen LogP contribution in [0.3, 0.4) is 0 Å². The molecule has 0 saturated heterocycles. The average Bonchev–Trinajstić information content (AvgIpc) is 3.13. The molecular weight excluding hydrogens is 340 g/mol. The van der Waals surface area contributed by atoms with E-state index in [9.17, 15) is 0 Å². The monoisotopic (exact) mass is 368 g/mol. The summed E-state index contributed by atoms with van der Waals surface area (Å²) in [5, 5.41) is 3.29. The fraction of sp³-hybridized carbons (Fsp3) is 0.231. The molecule has 4 rings (SSSR count). The zero-order valence-electron chi connectivity index (χ0n) is 16.8. The Balaban J connectivity index is 1.83. The van der Waals surface area contributed by atoms with Crippen LogP contribution in [-0.4, -0.2) is 9.52 Å². The van der Waals surface area contributed by atoms with Crippen molar-refractivity contribution in [1.82, 2.24) is 0 Å². The maximum atomic E-state index is 2.48. The van der Waals surface area contributed by atoms with Gasteiger partial charge in [0.25, 0.3) is 0 Å². The van der Waals surface area contributed by atoms with Crippen LogP contribution < -0.4 is 0 Å².